The van der Waals surface area contributed by atoms with Crippen LogP contribution in [0.5, 0.6) is 0 Å². The highest BCUT2D eigenvalue weighted by molar-refractivity contribution is 6.20. The summed E-state index contributed by atoms with van der Waals surface area (Å²) in [5, 5.41) is 6.17. The largest absolute Gasteiger partial charge is 0.309 e. The van der Waals surface area contributed by atoms with Crippen LogP contribution >= 0.6 is 0 Å². The molecule has 284 valence electrons. The second kappa shape index (κ2) is 11.6. The molecule has 0 N–H and O–H groups in total. The highest BCUT2D eigenvalue weighted by Crippen LogP contribution is 2.64. The summed E-state index contributed by atoms with van der Waals surface area (Å²) >= 11 is 0. The zero-order chi connectivity index (χ0) is 40.2. The molecule has 0 bridgehead atoms. The van der Waals surface area contributed by atoms with E-state index in [4.69, 9.17) is 4.98 Å². The average Bonchev–Trinajstić information content (AvgIpc) is 3.99. The number of para-hydroxylation sites is 2. The summed E-state index contributed by atoms with van der Waals surface area (Å²) in [4.78, 5) is 5.56. The van der Waals surface area contributed by atoms with Gasteiger partial charge >= 0.3 is 0 Å². The van der Waals surface area contributed by atoms with Gasteiger partial charge in [-0.1, -0.05) is 184 Å². The van der Waals surface area contributed by atoms with E-state index >= 15 is 0 Å². The molecule has 0 fully saturated rings. The molecule has 11 aromatic rings. The zero-order valence-corrected chi connectivity index (χ0v) is 33.9. The van der Waals surface area contributed by atoms with Gasteiger partial charge in [0.15, 0.2) is 0 Å². The van der Waals surface area contributed by atoms with Crippen LogP contribution in [-0.4, -0.2) is 9.55 Å². The van der Waals surface area contributed by atoms with E-state index in [1.54, 1.807) is 0 Å². The van der Waals surface area contributed by atoms with Gasteiger partial charge in [0.05, 0.1) is 27.7 Å². The van der Waals surface area contributed by atoms with Crippen LogP contribution in [-0.2, 0) is 10.8 Å². The predicted molar refractivity (Wildman–Crippen MR) is 253 cm³/mol. The van der Waals surface area contributed by atoms with Crippen LogP contribution in [0.1, 0.15) is 47.2 Å². The normalized spacial score (nSPS) is 14.7. The maximum absolute atomic E-state index is 5.56. The van der Waals surface area contributed by atoms with Crippen LogP contribution < -0.4 is 0 Å². The van der Waals surface area contributed by atoms with Gasteiger partial charge in [-0.25, -0.2) is 4.98 Å². The second-order valence-corrected chi connectivity index (χ2v) is 17.7. The lowest BCUT2D eigenvalue weighted by Gasteiger charge is -2.30. The average molecular weight is 775 g/mol. The fraction of sp³-hybridized carbons (Fsp3) is 0.0678. The minimum absolute atomic E-state index is 0.167. The van der Waals surface area contributed by atoms with E-state index in [0.29, 0.717) is 0 Å². The molecule has 0 atom stereocenters. The summed E-state index contributed by atoms with van der Waals surface area (Å²) < 4.78 is 2.52. The molecule has 0 aliphatic heterocycles. The van der Waals surface area contributed by atoms with E-state index < -0.39 is 5.41 Å². The minimum atomic E-state index is -0.415. The van der Waals surface area contributed by atoms with Crippen molar-refractivity contribution in [3.63, 3.8) is 0 Å². The molecule has 0 saturated heterocycles. The van der Waals surface area contributed by atoms with Crippen molar-refractivity contribution in [2.24, 2.45) is 0 Å². The number of pyridine rings is 1. The van der Waals surface area contributed by atoms with Crippen LogP contribution in [0.15, 0.2) is 194 Å². The first-order valence-electron chi connectivity index (χ1n) is 21.5. The van der Waals surface area contributed by atoms with Crippen LogP contribution in [0.4, 0.5) is 0 Å². The minimum Gasteiger partial charge on any atom is -0.309 e. The third-order valence-electron chi connectivity index (χ3n) is 14.6. The number of hydrogen-bond acceptors (Lipinski definition) is 1. The third kappa shape index (κ3) is 4.01. The molecule has 2 heterocycles. The van der Waals surface area contributed by atoms with E-state index in [2.05, 4.69) is 213 Å². The van der Waals surface area contributed by atoms with Gasteiger partial charge in [-0.3, -0.25) is 0 Å². The SMILES string of the molecule is CC1(C)c2ccccc2-c2ccc3c4ccccc4n(-c4cccc(-c5nc6ccccc6c6c7c(ccc56)C5(c6ccccc6-c6ccccc65)c5ccccc5-7)c4)c3c21. The zero-order valence-electron chi connectivity index (χ0n) is 33.9. The number of nitrogens with zero attached hydrogens (tertiary/aromatic N) is 2. The van der Waals surface area contributed by atoms with E-state index in [-0.39, 0.29) is 5.41 Å². The van der Waals surface area contributed by atoms with Crippen LogP contribution in [0.25, 0.3) is 93.8 Å². The van der Waals surface area contributed by atoms with Crippen LogP contribution in [0.3, 0.4) is 0 Å². The van der Waals surface area contributed by atoms with Gasteiger partial charge in [0.2, 0.25) is 0 Å². The van der Waals surface area contributed by atoms with Gasteiger partial charge in [-0.2, -0.15) is 0 Å². The van der Waals surface area contributed by atoms with Crippen molar-refractivity contribution in [1.29, 1.82) is 0 Å². The molecule has 14 rings (SSSR count). The lowest BCUT2D eigenvalue weighted by Crippen LogP contribution is -2.25. The Bertz CT molecular complexity index is 3700. The Hall–Kier alpha value is -7.55. The molecule has 61 heavy (non-hydrogen) atoms. The van der Waals surface area contributed by atoms with E-state index in [0.717, 1.165) is 22.5 Å². The van der Waals surface area contributed by atoms with Crippen molar-refractivity contribution >= 4 is 43.5 Å². The maximum Gasteiger partial charge on any atom is 0.0789 e. The summed E-state index contributed by atoms with van der Waals surface area (Å²) in [5.74, 6) is 0. The van der Waals surface area contributed by atoms with E-state index in [9.17, 15) is 0 Å². The number of rotatable bonds is 2. The predicted octanol–water partition coefficient (Wildman–Crippen LogP) is 14.8. The quantitative estimate of drug-likeness (QED) is 0.160. The summed E-state index contributed by atoms with van der Waals surface area (Å²) in [5.41, 5.74) is 22.3. The van der Waals surface area contributed by atoms with Gasteiger partial charge in [-0.05, 0) is 91.0 Å². The molecule has 1 spiro atoms. The molecule has 9 aromatic carbocycles. The van der Waals surface area contributed by atoms with E-state index in [1.807, 2.05) is 0 Å². The first-order chi connectivity index (χ1) is 30.0. The van der Waals surface area contributed by atoms with Crippen LogP contribution in [0, 0.1) is 0 Å². The fourth-order valence-corrected chi connectivity index (χ4v) is 12.2. The fourth-order valence-electron chi connectivity index (χ4n) is 12.2. The molecule has 0 radical (unpaired) electrons. The number of hydrogen-bond donors (Lipinski definition) is 0. The maximum atomic E-state index is 5.56. The van der Waals surface area contributed by atoms with Crippen molar-refractivity contribution in [3.05, 3.63) is 228 Å². The van der Waals surface area contributed by atoms with Gasteiger partial charge in [0.25, 0.3) is 0 Å². The molecule has 0 unspecified atom stereocenters. The lowest BCUT2D eigenvalue weighted by atomic mass is 9.70. The number of benzene rings is 9. The number of aromatic nitrogens is 2. The van der Waals surface area contributed by atoms with Crippen molar-refractivity contribution in [3.8, 4) is 50.3 Å². The first-order valence-corrected chi connectivity index (χ1v) is 21.5. The Morgan fingerprint density at radius 1 is 0.426 bits per heavy atom. The van der Waals surface area contributed by atoms with Gasteiger partial charge in [0.1, 0.15) is 0 Å². The van der Waals surface area contributed by atoms with Crippen LogP contribution in [0.2, 0.25) is 0 Å². The van der Waals surface area contributed by atoms with Crippen molar-refractivity contribution < 1.29 is 0 Å². The van der Waals surface area contributed by atoms with Crippen molar-refractivity contribution in [1.82, 2.24) is 9.55 Å². The third-order valence-corrected chi connectivity index (χ3v) is 14.6. The highest BCUT2D eigenvalue weighted by atomic mass is 15.0. The summed E-state index contributed by atoms with van der Waals surface area (Å²) in [6.07, 6.45) is 0. The Balaban J connectivity index is 1.06. The Morgan fingerprint density at radius 2 is 1.02 bits per heavy atom. The van der Waals surface area contributed by atoms with Gasteiger partial charge < -0.3 is 4.57 Å². The molecule has 0 amide bonds. The second-order valence-electron chi connectivity index (χ2n) is 17.7. The first kappa shape index (κ1) is 33.3. The molecule has 0 saturated carbocycles. The monoisotopic (exact) mass is 774 g/mol. The van der Waals surface area contributed by atoms with Crippen molar-refractivity contribution in [2.45, 2.75) is 24.7 Å². The summed E-state index contributed by atoms with van der Waals surface area (Å²) in [6, 6.07) is 72.5. The summed E-state index contributed by atoms with van der Waals surface area (Å²) in [7, 11) is 0. The molecular weight excluding hydrogens is 737 g/mol. The Kier molecular flexibility index (Phi) is 6.33. The topological polar surface area (TPSA) is 17.8 Å². The molecule has 3 aliphatic rings. The van der Waals surface area contributed by atoms with Gasteiger partial charge in [0, 0.05) is 43.6 Å². The molecule has 2 nitrogen and oxygen atoms in total. The highest BCUT2D eigenvalue weighted by Gasteiger charge is 2.52. The summed E-state index contributed by atoms with van der Waals surface area (Å²) in [6.45, 7) is 4.79. The van der Waals surface area contributed by atoms with E-state index in [1.165, 1.54) is 105 Å². The smallest absolute Gasteiger partial charge is 0.0789 e. The lowest BCUT2D eigenvalue weighted by molar-refractivity contribution is 0.664. The number of fused-ring (bicyclic) bond motifs is 21. The molecule has 3 aliphatic carbocycles. The Labute approximate surface area is 354 Å². The van der Waals surface area contributed by atoms with Gasteiger partial charge in [-0.15, -0.1) is 0 Å². The Morgan fingerprint density at radius 3 is 1.77 bits per heavy atom. The molecule has 2 aromatic heterocycles. The standard InChI is InChI=1S/C59H38N2/c1-58(2)46-24-9-3-20-39(46)41-30-31-42-40-21-8-14-29-52(40)61(57(42)55(41)58)36-17-15-16-35(34-36)56-45-32-33-50-54(53(45)44-23-7-13-28-51(44)60-56)43-22-6-12-27-49(43)59(50)47-25-10-4-18-37(47)38-19-5-11-26-48(38)59/h3-34H,1-2H3. The van der Waals surface area contributed by atoms with Crippen molar-refractivity contribution in [2.75, 3.05) is 0 Å². The molecule has 2 heteroatoms. The molecular formula is C59H38N2.